The molecule has 0 amide bonds. The second-order valence-electron chi connectivity index (χ2n) is 4.07. The highest BCUT2D eigenvalue weighted by atomic mass is 16.5. The summed E-state index contributed by atoms with van der Waals surface area (Å²) in [6.07, 6.45) is 3.56. The van der Waals surface area contributed by atoms with Gasteiger partial charge in [0.2, 0.25) is 0 Å². The first-order valence-electron chi connectivity index (χ1n) is 5.46. The first-order chi connectivity index (χ1) is 7.31. The number of hydrogen-bond acceptors (Lipinski definition) is 2. The maximum Gasteiger partial charge on any atom is 0.133 e. The van der Waals surface area contributed by atoms with Crippen LogP contribution in [0.2, 0.25) is 0 Å². The van der Waals surface area contributed by atoms with Crippen LogP contribution in [-0.2, 0) is 4.79 Å². The van der Waals surface area contributed by atoms with Gasteiger partial charge in [0.1, 0.15) is 11.5 Å². The first kappa shape index (κ1) is 10.2. The molecule has 2 rings (SSSR count). The third kappa shape index (κ3) is 2.20. The highest BCUT2D eigenvalue weighted by Gasteiger charge is 2.22. The van der Waals surface area contributed by atoms with Gasteiger partial charge in [0.15, 0.2) is 0 Å². The Balaban J connectivity index is 2.24. The van der Waals surface area contributed by atoms with Crippen molar-refractivity contribution in [2.24, 2.45) is 0 Å². The second-order valence-corrected chi connectivity index (χ2v) is 4.07. The molecule has 0 spiro atoms. The summed E-state index contributed by atoms with van der Waals surface area (Å²) in [4.78, 5) is 11.4. The van der Waals surface area contributed by atoms with Gasteiger partial charge in [-0.2, -0.15) is 0 Å². The van der Waals surface area contributed by atoms with E-state index < -0.39 is 0 Å². The quantitative estimate of drug-likeness (QED) is 0.740. The van der Waals surface area contributed by atoms with Crippen LogP contribution < -0.4 is 4.74 Å². The molecule has 1 aromatic rings. The van der Waals surface area contributed by atoms with E-state index in [1.54, 1.807) is 7.11 Å². The molecule has 1 aliphatic carbocycles. The van der Waals surface area contributed by atoms with Gasteiger partial charge in [-0.05, 0) is 30.4 Å². The van der Waals surface area contributed by atoms with Crippen LogP contribution in [0.5, 0.6) is 5.75 Å². The summed E-state index contributed by atoms with van der Waals surface area (Å²) in [7, 11) is 1.68. The van der Waals surface area contributed by atoms with Crippen molar-refractivity contribution in [2.45, 2.75) is 31.6 Å². The second kappa shape index (κ2) is 4.47. The summed E-state index contributed by atoms with van der Waals surface area (Å²) in [5.41, 5.74) is 1.19. The lowest BCUT2D eigenvalue weighted by atomic mass is 9.83. The molecule has 80 valence electrons. The molecule has 1 unspecified atom stereocenters. The predicted octanol–water partition coefficient (Wildman–Crippen LogP) is 2.92. The van der Waals surface area contributed by atoms with Crippen LogP contribution in [0.15, 0.2) is 24.3 Å². The lowest BCUT2D eigenvalue weighted by molar-refractivity contribution is -0.120. The molecule has 1 atom stereocenters. The SMILES string of the molecule is COc1ccccc1C1CCCC(=O)C1. The molecule has 0 aromatic heterocycles. The smallest absolute Gasteiger partial charge is 0.133 e. The topological polar surface area (TPSA) is 26.3 Å². The fourth-order valence-corrected chi connectivity index (χ4v) is 2.29. The van der Waals surface area contributed by atoms with E-state index in [0.29, 0.717) is 18.1 Å². The minimum absolute atomic E-state index is 0.363. The average molecular weight is 204 g/mol. The molecule has 2 nitrogen and oxygen atoms in total. The fourth-order valence-electron chi connectivity index (χ4n) is 2.29. The maximum atomic E-state index is 11.4. The van der Waals surface area contributed by atoms with E-state index in [2.05, 4.69) is 6.07 Å². The van der Waals surface area contributed by atoms with Crippen LogP contribution in [0, 0.1) is 0 Å². The van der Waals surface area contributed by atoms with Gasteiger partial charge in [0, 0.05) is 12.8 Å². The van der Waals surface area contributed by atoms with Crippen LogP contribution >= 0.6 is 0 Å². The maximum absolute atomic E-state index is 11.4. The molecule has 0 bridgehead atoms. The highest BCUT2D eigenvalue weighted by Crippen LogP contribution is 2.35. The molecule has 0 saturated heterocycles. The van der Waals surface area contributed by atoms with Crippen LogP contribution in [-0.4, -0.2) is 12.9 Å². The summed E-state index contributed by atoms with van der Waals surface area (Å²) in [5.74, 6) is 1.66. The number of carbonyl (C=O) groups is 1. The summed E-state index contributed by atoms with van der Waals surface area (Å²) < 4.78 is 5.32. The zero-order valence-electron chi connectivity index (χ0n) is 9.03. The number of carbonyl (C=O) groups excluding carboxylic acids is 1. The summed E-state index contributed by atoms with van der Waals surface area (Å²) in [6.45, 7) is 0. The van der Waals surface area contributed by atoms with E-state index in [4.69, 9.17) is 4.74 Å². The van der Waals surface area contributed by atoms with E-state index in [1.807, 2.05) is 18.2 Å². The molecule has 1 fully saturated rings. The molecule has 1 aromatic carbocycles. The van der Waals surface area contributed by atoms with Gasteiger partial charge in [-0.1, -0.05) is 18.2 Å². The largest absolute Gasteiger partial charge is 0.496 e. The van der Waals surface area contributed by atoms with E-state index in [9.17, 15) is 4.79 Å². The molecule has 15 heavy (non-hydrogen) atoms. The Hall–Kier alpha value is -1.31. The lowest BCUT2D eigenvalue weighted by Crippen LogP contribution is -2.14. The molecule has 0 N–H and O–H groups in total. The molecule has 2 heteroatoms. The molecule has 0 radical (unpaired) electrons. The third-order valence-corrected chi connectivity index (χ3v) is 3.06. The van der Waals surface area contributed by atoms with Gasteiger partial charge in [0.05, 0.1) is 7.11 Å². The van der Waals surface area contributed by atoms with Gasteiger partial charge in [-0.3, -0.25) is 4.79 Å². The van der Waals surface area contributed by atoms with Crippen LogP contribution in [0.3, 0.4) is 0 Å². The van der Waals surface area contributed by atoms with E-state index >= 15 is 0 Å². The summed E-state index contributed by atoms with van der Waals surface area (Å²) >= 11 is 0. The Kier molecular flexibility index (Phi) is 3.05. The Bertz CT molecular complexity index is 357. The summed E-state index contributed by atoms with van der Waals surface area (Å²) in [6, 6.07) is 8.01. The molecule has 1 aliphatic rings. The van der Waals surface area contributed by atoms with Crippen LogP contribution in [0.25, 0.3) is 0 Å². The monoisotopic (exact) mass is 204 g/mol. The normalized spacial score (nSPS) is 21.4. The van der Waals surface area contributed by atoms with Gasteiger partial charge in [-0.25, -0.2) is 0 Å². The average Bonchev–Trinajstić information content (AvgIpc) is 2.29. The van der Waals surface area contributed by atoms with E-state index in [0.717, 1.165) is 25.0 Å². The number of rotatable bonds is 2. The third-order valence-electron chi connectivity index (χ3n) is 3.06. The van der Waals surface area contributed by atoms with Crippen LogP contribution in [0.1, 0.15) is 37.2 Å². The Morgan fingerprint density at radius 3 is 2.87 bits per heavy atom. The van der Waals surface area contributed by atoms with Gasteiger partial charge >= 0.3 is 0 Å². The number of benzene rings is 1. The number of hydrogen-bond donors (Lipinski definition) is 0. The standard InChI is InChI=1S/C13H16O2/c1-15-13-8-3-2-7-12(13)10-5-4-6-11(14)9-10/h2-3,7-8,10H,4-6,9H2,1H3. The fraction of sp³-hybridized carbons (Fsp3) is 0.462. The Morgan fingerprint density at radius 1 is 1.33 bits per heavy atom. The molecule has 1 saturated carbocycles. The van der Waals surface area contributed by atoms with Gasteiger partial charge < -0.3 is 4.74 Å². The Labute approximate surface area is 90.3 Å². The minimum atomic E-state index is 0.363. The number of ketones is 1. The number of Topliss-reactive ketones (excluding diaryl/α,β-unsaturated/α-hetero) is 1. The van der Waals surface area contributed by atoms with E-state index in [1.165, 1.54) is 5.56 Å². The number of ether oxygens (including phenoxy) is 1. The van der Waals surface area contributed by atoms with Crippen molar-refractivity contribution in [1.29, 1.82) is 0 Å². The molecular formula is C13H16O2. The minimum Gasteiger partial charge on any atom is -0.496 e. The Morgan fingerprint density at radius 2 is 2.13 bits per heavy atom. The lowest BCUT2D eigenvalue weighted by Gasteiger charge is -2.22. The highest BCUT2D eigenvalue weighted by molar-refractivity contribution is 5.80. The van der Waals surface area contributed by atoms with Crippen molar-refractivity contribution in [3.63, 3.8) is 0 Å². The molecular weight excluding hydrogens is 188 g/mol. The zero-order valence-corrected chi connectivity index (χ0v) is 9.03. The van der Waals surface area contributed by atoms with Crippen molar-refractivity contribution in [3.8, 4) is 5.75 Å². The van der Waals surface area contributed by atoms with Crippen molar-refractivity contribution in [2.75, 3.05) is 7.11 Å². The van der Waals surface area contributed by atoms with Crippen molar-refractivity contribution in [3.05, 3.63) is 29.8 Å². The molecule has 0 heterocycles. The number of para-hydroxylation sites is 1. The van der Waals surface area contributed by atoms with Crippen molar-refractivity contribution in [1.82, 2.24) is 0 Å². The van der Waals surface area contributed by atoms with Crippen molar-refractivity contribution < 1.29 is 9.53 Å². The predicted molar refractivity (Wildman–Crippen MR) is 59.2 cm³/mol. The first-order valence-corrected chi connectivity index (χ1v) is 5.46. The zero-order chi connectivity index (χ0) is 10.7. The van der Waals surface area contributed by atoms with Crippen molar-refractivity contribution >= 4 is 5.78 Å². The van der Waals surface area contributed by atoms with Gasteiger partial charge in [-0.15, -0.1) is 0 Å². The number of methoxy groups -OCH3 is 1. The summed E-state index contributed by atoms with van der Waals surface area (Å²) in [5, 5.41) is 0. The van der Waals surface area contributed by atoms with Gasteiger partial charge in [0.25, 0.3) is 0 Å². The van der Waals surface area contributed by atoms with Crippen LogP contribution in [0.4, 0.5) is 0 Å². The van der Waals surface area contributed by atoms with E-state index in [-0.39, 0.29) is 0 Å². The molecule has 0 aliphatic heterocycles.